The molecule has 332 valence electrons. The van der Waals surface area contributed by atoms with E-state index in [1.165, 1.54) is 199 Å². The molecule has 0 aliphatic rings. The molecular weight excluding hydrogens is 695 g/mol. The predicted octanol–water partition coefficient (Wildman–Crippen LogP) is 14.6. The summed E-state index contributed by atoms with van der Waals surface area (Å²) in [6.45, 7) is 4.87. The Morgan fingerprint density at radius 1 is 0.482 bits per heavy atom. The predicted molar refractivity (Wildman–Crippen MR) is 241 cm³/mol. The minimum atomic E-state index is -0.846. The largest absolute Gasteiger partial charge is 0.466 e. The van der Waals surface area contributed by atoms with Crippen molar-refractivity contribution in [1.29, 1.82) is 0 Å². The van der Waals surface area contributed by atoms with Gasteiger partial charge in [0.1, 0.15) is 0 Å². The average Bonchev–Trinajstić information content (AvgIpc) is 3.20. The first-order valence-corrected chi connectivity index (χ1v) is 25.0. The van der Waals surface area contributed by atoms with Crippen LogP contribution in [0.15, 0.2) is 12.2 Å². The molecule has 6 nitrogen and oxygen atoms in total. The van der Waals surface area contributed by atoms with E-state index in [2.05, 4.69) is 19.2 Å². The first-order chi connectivity index (χ1) is 27.5. The summed E-state index contributed by atoms with van der Waals surface area (Å²) in [5.74, 6) is -0.0731. The van der Waals surface area contributed by atoms with E-state index in [0.29, 0.717) is 19.4 Å². The first-order valence-electron chi connectivity index (χ1n) is 25.0. The molecule has 0 aromatic heterocycles. The number of unbranched alkanes of at least 4 members (excludes halogenated alkanes) is 35. The number of carbonyl (C=O) groups excluding carboxylic acids is 2. The van der Waals surface area contributed by atoms with Crippen molar-refractivity contribution in [3.8, 4) is 0 Å². The smallest absolute Gasteiger partial charge is 0.305 e. The van der Waals surface area contributed by atoms with Gasteiger partial charge in [-0.15, -0.1) is 0 Å². The van der Waals surface area contributed by atoms with E-state index >= 15 is 0 Å². The number of ether oxygens (including phenoxy) is 1. The second-order valence-electron chi connectivity index (χ2n) is 17.2. The Labute approximate surface area is 349 Å². The molecule has 0 saturated carbocycles. The van der Waals surface area contributed by atoms with Crippen LogP contribution >= 0.6 is 0 Å². The molecule has 0 bridgehead atoms. The Morgan fingerprint density at radius 2 is 0.821 bits per heavy atom. The SMILES string of the molecule is CCCCCCCCCCC/C=C/C(O)C(CO)NC(=O)CCCCCCCCCCCCCCCCCCOC(=O)CCCCCCCCCCCCCC. The fraction of sp³-hybridized carbons (Fsp3) is 0.920. The van der Waals surface area contributed by atoms with Crippen molar-refractivity contribution in [2.75, 3.05) is 13.2 Å². The normalized spacial score (nSPS) is 12.7. The average molecular weight is 792 g/mol. The number of amides is 1. The number of nitrogens with one attached hydrogen (secondary N) is 1. The number of hydrogen-bond acceptors (Lipinski definition) is 5. The number of allylic oxidation sites excluding steroid dienone is 1. The summed E-state index contributed by atoms with van der Waals surface area (Å²) in [7, 11) is 0. The van der Waals surface area contributed by atoms with Gasteiger partial charge in [0.25, 0.3) is 0 Å². The second kappa shape index (κ2) is 46.3. The molecule has 0 aromatic carbocycles. The lowest BCUT2D eigenvalue weighted by Crippen LogP contribution is -2.45. The molecule has 2 unspecified atom stereocenters. The van der Waals surface area contributed by atoms with Gasteiger partial charge in [-0.1, -0.05) is 238 Å². The molecule has 0 rings (SSSR count). The minimum absolute atomic E-state index is 0.00255. The fourth-order valence-electron chi connectivity index (χ4n) is 7.69. The summed E-state index contributed by atoms with van der Waals surface area (Å²) < 4.78 is 5.45. The van der Waals surface area contributed by atoms with Crippen molar-refractivity contribution < 1.29 is 24.5 Å². The molecule has 1 amide bonds. The molecule has 56 heavy (non-hydrogen) atoms. The third-order valence-corrected chi connectivity index (χ3v) is 11.6. The number of aliphatic hydroxyl groups is 2. The zero-order chi connectivity index (χ0) is 40.8. The number of rotatable bonds is 46. The molecule has 0 saturated heterocycles. The maximum atomic E-state index is 12.4. The van der Waals surface area contributed by atoms with Gasteiger partial charge >= 0.3 is 5.97 Å². The van der Waals surface area contributed by atoms with Crippen LogP contribution in [0.3, 0.4) is 0 Å². The Balaban J connectivity index is 3.43. The Bertz CT molecular complexity index is 832. The van der Waals surface area contributed by atoms with Crippen LogP contribution in [0, 0.1) is 0 Å². The van der Waals surface area contributed by atoms with Crippen molar-refractivity contribution in [2.24, 2.45) is 0 Å². The lowest BCUT2D eigenvalue weighted by molar-refractivity contribution is -0.143. The third-order valence-electron chi connectivity index (χ3n) is 11.6. The summed E-state index contributed by atoms with van der Waals surface area (Å²) in [4.78, 5) is 24.4. The van der Waals surface area contributed by atoms with E-state index in [4.69, 9.17) is 4.74 Å². The zero-order valence-corrected chi connectivity index (χ0v) is 37.6. The number of carbonyl (C=O) groups is 2. The molecule has 0 spiro atoms. The topological polar surface area (TPSA) is 95.9 Å². The summed E-state index contributed by atoms with van der Waals surface area (Å²) in [6.07, 6.45) is 52.1. The monoisotopic (exact) mass is 792 g/mol. The Kier molecular flexibility index (Phi) is 45.1. The highest BCUT2D eigenvalue weighted by molar-refractivity contribution is 5.76. The van der Waals surface area contributed by atoms with Gasteiger partial charge in [-0.3, -0.25) is 9.59 Å². The quantitative estimate of drug-likeness (QED) is 0.0324. The van der Waals surface area contributed by atoms with Gasteiger partial charge in [-0.25, -0.2) is 0 Å². The zero-order valence-electron chi connectivity index (χ0n) is 37.6. The lowest BCUT2D eigenvalue weighted by atomic mass is 10.0. The van der Waals surface area contributed by atoms with Crippen LogP contribution in [0.4, 0.5) is 0 Å². The van der Waals surface area contributed by atoms with Crippen LogP contribution in [0.5, 0.6) is 0 Å². The molecule has 6 heteroatoms. The lowest BCUT2D eigenvalue weighted by Gasteiger charge is -2.20. The molecule has 3 N–H and O–H groups in total. The van der Waals surface area contributed by atoms with Gasteiger partial charge in [-0.2, -0.15) is 0 Å². The number of hydrogen-bond donors (Lipinski definition) is 3. The molecule has 0 aliphatic carbocycles. The van der Waals surface area contributed by atoms with Crippen LogP contribution in [0.25, 0.3) is 0 Å². The highest BCUT2D eigenvalue weighted by Gasteiger charge is 2.18. The summed E-state index contributed by atoms with van der Waals surface area (Å²) in [5, 5.41) is 23.0. The van der Waals surface area contributed by atoms with Crippen LogP contribution < -0.4 is 5.32 Å². The molecular formula is C50H97NO5. The number of esters is 1. The van der Waals surface area contributed by atoms with Gasteiger partial charge in [-0.05, 0) is 32.1 Å². The summed E-state index contributed by atoms with van der Waals surface area (Å²) in [5.41, 5.74) is 0. The van der Waals surface area contributed by atoms with Crippen LogP contribution in [-0.2, 0) is 14.3 Å². The van der Waals surface area contributed by atoms with Crippen LogP contribution in [0.1, 0.15) is 271 Å². The van der Waals surface area contributed by atoms with E-state index < -0.39 is 12.1 Å². The first kappa shape index (κ1) is 54.6. The Hall–Kier alpha value is -1.40. The molecule has 2 atom stereocenters. The maximum absolute atomic E-state index is 12.4. The maximum Gasteiger partial charge on any atom is 0.305 e. The van der Waals surface area contributed by atoms with E-state index in [-0.39, 0.29) is 18.5 Å². The fourth-order valence-corrected chi connectivity index (χ4v) is 7.69. The number of aliphatic hydroxyl groups excluding tert-OH is 2. The van der Waals surface area contributed by atoms with Crippen LogP contribution in [-0.4, -0.2) is 47.4 Å². The van der Waals surface area contributed by atoms with Crippen molar-refractivity contribution >= 4 is 11.9 Å². The van der Waals surface area contributed by atoms with Crippen LogP contribution in [0.2, 0.25) is 0 Å². The molecule has 0 heterocycles. The third kappa shape index (κ3) is 42.2. The molecule has 0 aromatic rings. The van der Waals surface area contributed by atoms with E-state index in [0.717, 1.165) is 44.9 Å². The molecule has 0 aliphatic heterocycles. The van der Waals surface area contributed by atoms with E-state index in [1.807, 2.05) is 6.08 Å². The Morgan fingerprint density at radius 3 is 1.21 bits per heavy atom. The van der Waals surface area contributed by atoms with Gasteiger partial charge in [0.2, 0.25) is 5.91 Å². The second-order valence-corrected chi connectivity index (χ2v) is 17.2. The van der Waals surface area contributed by atoms with Crippen molar-refractivity contribution in [3.05, 3.63) is 12.2 Å². The highest BCUT2D eigenvalue weighted by atomic mass is 16.5. The van der Waals surface area contributed by atoms with Gasteiger partial charge in [0, 0.05) is 12.8 Å². The summed E-state index contributed by atoms with van der Waals surface area (Å²) in [6, 6.07) is -0.630. The van der Waals surface area contributed by atoms with E-state index in [9.17, 15) is 19.8 Å². The highest BCUT2D eigenvalue weighted by Crippen LogP contribution is 2.16. The standard InChI is InChI=1S/C50H97NO5/c1-3-5-7-9-11-13-15-24-28-32-36-40-44-50(55)56-45-41-37-33-29-25-21-19-17-16-18-20-23-27-31-35-39-43-49(54)51-47(46-52)48(53)42-38-34-30-26-22-14-12-10-8-6-4-2/h38,42,47-48,52-53H,3-37,39-41,43-46H2,1-2H3,(H,51,54)/b42-38+. The van der Waals surface area contributed by atoms with Gasteiger partial charge in [0.15, 0.2) is 0 Å². The van der Waals surface area contributed by atoms with Crippen molar-refractivity contribution in [3.63, 3.8) is 0 Å². The van der Waals surface area contributed by atoms with E-state index in [1.54, 1.807) is 6.08 Å². The molecule has 0 fully saturated rings. The van der Waals surface area contributed by atoms with Gasteiger partial charge in [0.05, 0.1) is 25.4 Å². The summed E-state index contributed by atoms with van der Waals surface area (Å²) >= 11 is 0. The van der Waals surface area contributed by atoms with Crippen molar-refractivity contribution in [2.45, 2.75) is 283 Å². The molecule has 0 radical (unpaired) electrons. The van der Waals surface area contributed by atoms with Crippen molar-refractivity contribution in [1.82, 2.24) is 5.32 Å². The minimum Gasteiger partial charge on any atom is -0.466 e. The van der Waals surface area contributed by atoms with Gasteiger partial charge < -0.3 is 20.3 Å².